The zero-order valence-electron chi connectivity index (χ0n) is 12.4. The fraction of sp³-hybridized carbons (Fsp3) is 0.294. The van der Waals surface area contributed by atoms with Gasteiger partial charge < -0.3 is 19.3 Å². The molecule has 0 aliphatic carbocycles. The lowest BCUT2D eigenvalue weighted by Gasteiger charge is -2.21. The van der Waals surface area contributed by atoms with E-state index in [2.05, 4.69) is 0 Å². The maximum absolute atomic E-state index is 10.3. The summed E-state index contributed by atoms with van der Waals surface area (Å²) in [6.45, 7) is 1.82. The first-order valence-corrected chi connectivity index (χ1v) is 6.76. The molecular weight excluding hydrogens is 268 g/mol. The second-order valence-corrected chi connectivity index (χ2v) is 4.73. The summed E-state index contributed by atoms with van der Waals surface area (Å²) in [5, 5.41) is 10.3. The first-order chi connectivity index (χ1) is 10.1. The maximum atomic E-state index is 10.3. The Morgan fingerprint density at radius 1 is 0.857 bits per heavy atom. The van der Waals surface area contributed by atoms with Crippen LogP contribution in [0.4, 0.5) is 0 Å². The summed E-state index contributed by atoms with van der Waals surface area (Å²) in [6, 6.07) is 14.7. The number of hydrogen-bond acceptors (Lipinski definition) is 4. The average Bonchev–Trinajstić information content (AvgIpc) is 2.54. The number of hydrogen-bond donors (Lipinski definition) is 1. The molecule has 2 rings (SSSR count). The number of rotatable bonds is 6. The molecule has 21 heavy (non-hydrogen) atoms. The van der Waals surface area contributed by atoms with Crippen LogP contribution in [-0.2, 0) is 0 Å². The van der Waals surface area contributed by atoms with E-state index in [-0.39, 0.29) is 0 Å². The lowest BCUT2D eigenvalue weighted by atomic mass is 10.1. The van der Waals surface area contributed by atoms with Gasteiger partial charge in [0.25, 0.3) is 0 Å². The Labute approximate surface area is 124 Å². The van der Waals surface area contributed by atoms with Gasteiger partial charge in [0, 0.05) is 18.2 Å². The van der Waals surface area contributed by atoms with Gasteiger partial charge in [0.1, 0.15) is 29.5 Å². The van der Waals surface area contributed by atoms with Crippen LogP contribution in [0, 0.1) is 0 Å². The van der Waals surface area contributed by atoms with E-state index in [9.17, 15) is 5.11 Å². The second-order valence-electron chi connectivity index (χ2n) is 4.73. The molecule has 2 aromatic rings. The highest BCUT2D eigenvalue weighted by atomic mass is 16.5. The van der Waals surface area contributed by atoms with Crippen LogP contribution in [0.15, 0.2) is 48.5 Å². The molecule has 4 nitrogen and oxygen atoms in total. The van der Waals surface area contributed by atoms with Crippen LogP contribution in [0.5, 0.6) is 17.2 Å². The molecule has 0 saturated carbocycles. The molecule has 2 atom stereocenters. The molecule has 0 aliphatic rings. The first-order valence-electron chi connectivity index (χ1n) is 6.76. The van der Waals surface area contributed by atoms with E-state index in [1.54, 1.807) is 32.4 Å². The normalized spacial score (nSPS) is 13.3. The molecule has 0 heterocycles. The van der Waals surface area contributed by atoms with Gasteiger partial charge in [-0.25, -0.2) is 0 Å². The molecule has 2 unspecified atom stereocenters. The Hall–Kier alpha value is -2.20. The van der Waals surface area contributed by atoms with E-state index < -0.39 is 12.2 Å². The van der Waals surface area contributed by atoms with Gasteiger partial charge in [0.2, 0.25) is 0 Å². The van der Waals surface area contributed by atoms with Crippen molar-refractivity contribution in [3.8, 4) is 17.2 Å². The molecular formula is C17H20O4. The van der Waals surface area contributed by atoms with E-state index in [0.717, 1.165) is 5.56 Å². The van der Waals surface area contributed by atoms with Crippen molar-refractivity contribution in [2.24, 2.45) is 0 Å². The summed E-state index contributed by atoms with van der Waals surface area (Å²) in [5.41, 5.74) is 0.819. The van der Waals surface area contributed by atoms with Crippen molar-refractivity contribution in [2.45, 2.75) is 19.1 Å². The molecule has 112 valence electrons. The standard InChI is InChI=1S/C17H20O4/c1-12(17(18)13-7-5-4-6-8-13)21-16-10-14(19-2)9-15(11-16)20-3/h4-12,17-18H,1-3H3. The van der Waals surface area contributed by atoms with Crippen LogP contribution < -0.4 is 14.2 Å². The molecule has 2 aromatic carbocycles. The second kappa shape index (κ2) is 6.99. The first kappa shape index (κ1) is 15.2. The van der Waals surface area contributed by atoms with Gasteiger partial charge in [-0.15, -0.1) is 0 Å². The van der Waals surface area contributed by atoms with Crippen LogP contribution in [0.3, 0.4) is 0 Å². The predicted molar refractivity (Wildman–Crippen MR) is 81.0 cm³/mol. The highest BCUT2D eigenvalue weighted by molar-refractivity contribution is 5.42. The Balaban J connectivity index is 2.13. The molecule has 0 spiro atoms. The summed E-state index contributed by atoms with van der Waals surface area (Å²) < 4.78 is 16.2. The fourth-order valence-corrected chi connectivity index (χ4v) is 2.05. The Morgan fingerprint density at radius 3 is 1.90 bits per heavy atom. The number of benzene rings is 2. The Morgan fingerprint density at radius 2 is 1.38 bits per heavy atom. The summed E-state index contributed by atoms with van der Waals surface area (Å²) in [6.07, 6.45) is -1.10. The van der Waals surface area contributed by atoms with Crippen molar-refractivity contribution in [1.29, 1.82) is 0 Å². The molecule has 0 aromatic heterocycles. The minimum atomic E-state index is -0.705. The third-order valence-corrected chi connectivity index (χ3v) is 3.23. The smallest absolute Gasteiger partial charge is 0.127 e. The lowest BCUT2D eigenvalue weighted by molar-refractivity contribution is 0.0465. The summed E-state index contributed by atoms with van der Waals surface area (Å²) in [7, 11) is 3.17. The Kier molecular flexibility index (Phi) is 5.06. The van der Waals surface area contributed by atoms with E-state index >= 15 is 0 Å². The van der Waals surface area contributed by atoms with Crippen LogP contribution in [0.1, 0.15) is 18.6 Å². The average molecular weight is 288 g/mol. The molecule has 1 N–H and O–H groups in total. The summed E-state index contributed by atoms with van der Waals surface area (Å²) in [4.78, 5) is 0. The number of ether oxygens (including phenoxy) is 3. The van der Waals surface area contributed by atoms with Crippen molar-refractivity contribution in [2.75, 3.05) is 14.2 Å². The highest BCUT2D eigenvalue weighted by Crippen LogP contribution is 2.29. The van der Waals surface area contributed by atoms with Gasteiger partial charge in [0.15, 0.2) is 0 Å². The molecule has 4 heteroatoms. The van der Waals surface area contributed by atoms with Crippen molar-refractivity contribution in [1.82, 2.24) is 0 Å². The van der Waals surface area contributed by atoms with Crippen LogP contribution >= 0.6 is 0 Å². The minimum Gasteiger partial charge on any atom is -0.496 e. The number of aliphatic hydroxyl groups is 1. The quantitative estimate of drug-likeness (QED) is 0.886. The third kappa shape index (κ3) is 3.89. The molecule has 0 aliphatic heterocycles. The van der Waals surface area contributed by atoms with Crippen molar-refractivity contribution < 1.29 is 19.3 Å². The van der Waals surface area contributed by atoms with Gasteiger partial charge in [0.05, 0.1) is 14.2 Å². The predicted octanol–water partition coefficient (Wildman–Crippen LogP) is 3.20. The number of methoxy groups -OCH3 is 2. The van der Waals surface area contributed by atoms with Gasteiger partial charge >= 0.3 is 0 Å². The van der Waals surface area contributed by atoms with Crippen LogP contribution in [0.2, 0.25) is 0 Å². The molecule has 0 bridgehead atoms. The fourth-order valence-electron chi connectivity index (χ4n) is 2.05. The largest absolute Gasteiger partial charge is 0.496 e. The van der Waals surface area contributed by atoms with Crippen molar-refractivity contribution in [3.63, 3.8) is 0 Å². The molecule has 0 radical (unpaired) electrons. The topological polar surface area (TPSA) is 47.9 Å². The molecule has 0 amide bonds. The van der Waals surface area contributed by atoms with E-state index in [1.807, 2.05) is 37.3 Å². The van der Waals surface area contributed by atoms with E-state index in [0.29, 0.717) is 17.2 Å². The van der Waals surface area contributed by atoms with Gasteiger partial charge in [-0.05, 0) is 12.5 Å². The lowest BCUT2D eigenvalue weighted by Crippen LogP contribution is -2.21. The van der Waals surface area contributed by atoms with Crippen molar-refractivity contribution >= 4 is 0 Å². The van der Waals surface area contributed by atoms with Gasteiger partial charge in [-0.1, -0.05) is 30.3 Å². The van der Waals surface area contributed by atoms with Crippen molar-refractivity contribution in [3.05, 3.63) is 54.1 Å². The van der Waals surface area contributed by atoms with Crippen LogP contribution in [0.25, 0.3) is 0 Å². The molecule has 0 saturated heterocycles. The van der Waals surface area contributed by atoms with E-state index in [4.69, 9.17) is 14.2 Å². The third-order valence-electron chi connectivity index (χ3n) is 3.23. The zero-order chi connectivity index (χ0) is 15.2. The van der Waals surface area contributed by atoms with Crippen LogP contribution in [-0.4, -0.2) is 25.4 Å². The maximum Gasteiger partial charge on any atom is 0.127 e. The van der Waals surface area contributed by atoms with E-state index in [1.165, 1.54) is 0 Å². The molecule has 0 fully saturated rings. The SMILES string of the molecule is COc1cc(OC)cc(OC(C)C(O)c2ccccc2)c1. The minimum absolute atomic E-state index is 0.399. The number of aliphatic hydroxyl groups excluding tert-OH is 1. The monoisotopic (exact) mass is 288 g/mol. The van der Waals surface area contributed by atoms with Gasteiger partial charge in [-0.2, -0.15) is 0 Å². The highest BCUT2D eigenvalue weighted by Gasteiger charge is 2.18. The summed E-state index contributed by atoms with van der Waals surface area (Å²) in [5.74, 6) is 1.88. The zero-order valence-corrected chi connectivity index (χ0v) is 12.4. The Bertz CT molecular complexity index is 546. The van der Waals surface area contributed by atoms with Gasteiger partial charge in [-0.3, -0.25) is 0 Å². The summed E-state index contributed by atoms with van der Waals surface area (Å²) >= 11 is 0.